The molecule has 6 heteroatoms. The summed E-state index contributed by atoms with van der Waals surface area (Å²) < 4.78 is 0. The van der Waals surface area contributed by atoms with Crippen LogP contribution in [0.1, 0.15) is 54.4 Å². The van der Waals surface area contributed by atoms with Gasteiger partial charge in [0.1, 0.15) is 0 Å². The normalized spacial score (nSPS) is 18.2. The quantitative estimate of drug-likeness (QED) is 0.755. The molecule has 1 aromatic rings. The van der Waals surface area contributed by atoms with Gasteiger partial charge in [0.25, 0.3) is 11.1 Å². The number of thioether (sulfide) groups is 1. The number of hydrogen-bond acceptors (Lipinski definition) is 4. The average molecular weight is 360 g/mol. The molecule has 0 atom stereocenters. The molecule has 1 heterocycles. The summed E-state index contributed by atoms with van der Waals surface area (Å²) >= 11 is 1.03. The number of rotatable bonds is 7. The van der Waals surface area contributed by atoms with Crippen LogP contribution in [0.15, 0.2) is 24.3 Å². The Balaban J connectivity index is 1.49. The number of hydrogen-bond donors (Lipinski definition) is 1. The zero-order valence-electron chi connectivity index (χ0n) is 14.3. The van der Waals surface area contributed by atoms with Crippen molar-refractivity contribution >= 4 is 28.8 Å². The largest absolute Gasteiger partial charge is 0.352 e. The maximum atomic E-state index is 12.3. The van der Waals surface area contributed by atoms with Crippen molar-refractivity contribution in [3.8, 4) is 0 Å². The van der Waals surface area contributed by atoms with Crippen molar-refractivity contribution in [3.63, 3.8) is 0 Å². The van der Waals surface area contributed by atoms with Crippen molar-refractivity contribution in [3.05, 3.63) is 35.4 Å². The molecule has 1 aromatic carbocycles. The highest BCUT2D eigenvalue weighted by molar-refractivity contribution is 8.14. The number of benzene rings is 1. The average Bonchev–Trinajstić information content (AvgIpc) is 3.24. The molecule has 2 aliphatic rings. The Morgan fingerprint density at radius 3 is 2.76 bits per heavy atom. The summed E-state index contributed by atoms with van der Waals surface area (Å²) in [6.45, 7) is 0.923. The molecule has 3 amide bonds. The molecule has 0 spiro atoms. The fourth-order valence-electron chi connectivity index (χ4n) is 3.52. The lowest BCUT2D eigenvalue weighted by molar-refractivity contribution is -0.125. The number of carbonyl (C=O) groups excluding carboxylic acids is 3. The molecular weight excluding hydrogens is 336 g/mol. The summed E-state index contributed by atoms with van der Waals surface area (Å²) in [7, 11) is 0. The second-order valence-corrected chi connectivity index (χ2v) is 7.71. The summed E-state index contributed by atoms with van der Waals surface area (Å²) in [4.78, 5) is 36.9. The smallest absolute Gasteiger partial charge is 0.289 e. The molecule has 0 radical (unpaired) electrons. The first-order valence-electron chi connectivity index (χ1n) is 8.98. The Kier molecular flexibility index (Phi) is 6.13. The Morgan fingerprint density at radius 1 is 1.24 bits per heavy atom. The Labute approximate surface area is 152 Å². The highest BCUT2D eigenvalue weighted by atomic mass is 32.2. The maximum absolute atomic E-state index is 12.3. The van der Waals surface area contributed by atoms with E-state index in [4.69, 9.17) is 0 Å². The standard InChI is InChI=1S/C19H24N2O3S/c22-17-13-25-19(24)21(17)12-15-7-3-9-16(11-15)18(23)20-10-4-8-14-5-1-2-6-14/h3,7,9,11,14H,1-2,4-6,8,10,12-13H2,(H,20,23). The molecule has 1 N–H and O–H groups in total. The van der Waals surface area contributed by atoms with Crippen LogP contribution in [0, 0.1) is 5.92 Å². The first-order chi connectivity index (χ1) is 12.1. The van der Waals surface area contributed by atoms with E-state index in [-0.39, 0.29) is 29.4 Å². The van der Waals surface area contributed by atoms with Gasteiger partial charge in [0, 0.05) is 12.1 Å². The molecule has 5 nitrogen and oxygen atoms in total. The second kappa shape index (κ2) is 8.52. The van der Waals surface area contributed by atoms with Gasteiger partial charge in [0.05, 0.1) is 12.3 Å². The zero-order valence-corrected chi connectivity index (χ0v) is 15.1. The van der Waals surface area contributed by atoms with E-state index in [2.05, 4.69) is 5.32 Å². The number of amides is 3. The predicted molar refractivity (Wildman–Crippen MR) is 98.4 cm³/mol. The van der Waals surface area contributed by atoms with Gasteiger partial charge in [-0.15, -0.1) is 0 Å². The van der Waals surface area contributed by atoms with E-state index < -0.39 is 0 Å². The molecule has 25 heavy (non-hydrogen) atoms. The zero-order chi connectivity index (χ0) is 17.6. The van der Waals surface area contributed by atoms with Gasteiger partial charge < -0.3 is 5.32 Å². The molecule has 1 saturated carbocycles. The molecule has 1 aliphatic carbocycles. The van der Waals surface area contributed by atoms with Gasteiger partial charge in [-0.2, -0.15) is 0 Å². The van der Waals surface area contributed by atoms with Gasteiger partial charge in [0.2, 0.25) is 5.91 Å². The number of carbonyl (C=O) groups is 3. The van der Waals surface area contributed by atoms with Crippen LogP contribution in [0.3, 0.4) is 0 Å². The van der Waals surface area contributed by atoms with Crippen molar-refractivity contribution in [2.45, 2.75) is 45.1 Å². The highest BCUT2D eigenvalue weighted by Gasteiger charge is 2.29. The van der Waals surface area contributed by atoms with E-state index in [0.29, 0.717) is 12.1 Å². The predicted octanol–water partition coefficient (Wildman–Crippen LogP) is 3.58. The van der Waals surface area contributed by atoms with Crippen LogP contribution in [0.2, 0.25) is 0 Å². The summed E-state index contributed by atoms with van der Waals surface area (Å²) in [6, 6.07) is 7.15. The lowest BCUT2D eigenvalue weighted by Crippen LogP contribution is -2.28. The summed E-state index contributed by atoms with van der Waals surface area (Å²) in [5, 5.41) is 2.75. The lowest BCUT2D eigenvalue weighted by Gasteiger charge is -2.13. The van der Waals surface area contributed by atoms with Gasteiger partial charge in [0.15, 0.2) is 0 Å². The molecule has 0 unspecified atom stereocenters. The molecule has 1 saturated heterocycles. The minimum absolute atomic E-state index is 0.0956. The van der Waals surface area contributed by atoms with Gasteiger partial charge in [-0.05, 0) is 36.5 Å². The van der Waals surface area contributed by atoms with Crippen LogP contribution in [0.5, 0.6) is 0 Å². The topological polar surface area (TPSA) is 66.5 Å². The fourth-order valence-corrected chi connectivity index (χ4v) is 4.25. The van der Waals surface area contributed by atoms with E-state index in [0.717, 1.165) is 29.7 Å². The van der Waals surface area contributed by atoms with Crippen LogP contribution in [0.25, 0.3) is 0 Å². The first kappa shape index (κ1) is 18.0. The Morgan fingerprint density at radius 2 is 2.04 bits per heavy atom. The van der Waals surface area contributed by atoms with Crippen molar-refractivity contribution in [2.24, 2.45) is 5.92 Å². The van der Waals surface area contributed by atoms with Gasteiger partial charge in [-0.3, -0.25) is 19.3 Å². The maximum Gasteiger partial charge on any atom is 0.289 e. The van der Waals surface area contributed by atoms with Crippen LogP contribution >= 0.6 is 11.8 Å². The van der Waals surface area contributed by atoms with Gasteiger partial charge in [-0.25, -0.2) is 0 Å². The third-order valence-electron chi connectivity index (χ3n) is 4.92. The van der Waals surface area contributed by atoms with Gasteiger partial charge >= 0.3 is 0 Å². The van der Waals surface area contributed by atoms with E-state index in [1.54, 1.807) is 18.2 Å². The summed E-state index contributed by atoms with van der Waals surface area (Å²) in [5.41, 5.74) is 1.37. The Bertz CT molecular complexity index is 640. The Hall–Kier alpha value is -1.82. The van der Waals surface area contributed by atoms with Crippen molar-refractivity contribution < 1.29 is 14.4 Å². The minimum atomic E-state index is -0.216. The fraction of sp³-hybridized carbons (Fsp3) is 0.526. The summed E-state index contributed by atoms with van der Waals surface area (Å²) in [6.07, 6.45) is 7.58. The highest BCUT2D eigenvalue weighted by Crippen LogP contribution is 2.28. The molecule has 3 rings (SSSR count). The number of imide groups is 1. The SMILES string of the molecule is O=C(NCCCC1CCCC1)c1cccc(CN2C(=O)CSC2=O)c1. The molecule has 0 bridgehead atoms. The molecule has 2 fully saturated rings. The minimum Gasteiger partial charge on any atom is -0.352 e. The van der Waals surface area contributed by atoms with E-state index in [1.807, 2.05) is 6.07 Å². The first-order valence-corrected chi connectivity index (χ1v) is 9.96. The third-order valence-corrected chi connectivity index (χ3v) is 5.78. The van der Waals surface area contributed by atoms with Crippen LogP contribution in [0.4, 0.5) is 4.79 Å². The van der Waals surface area contributed by atoms with E-state index >= 15 is 0 Å². The molecule has 0 aromatic heterocycles. The molecule has 134 valence electrons. The third kappa shape index (κ3) is 4.84. The van der Waals surface area contributed by atoms with E-state index in [1.165, 1.54) is 37.0 Å². The number of nitrogens with zero attached hydrogens (tertiary/aromatic N) is 1. The second-order valence-electron chi connectivity index (χ2n) is 6.78. The molecular formula is C19H24N2O3S. The van der Waals surface area contributed by atoms with Crippen molar-refractivity contribution in [2.75, 3.05) is 12.3 Å². The van der Waals surface area contributed by atoms with Crippen molar-refractivity contribution in [1.82, 2.24) is 10.2 Å². The number of nitrogens with one attached hydrogen (secondary N) is 1. The monoisotopic (exact) mass is 360 g/mol. The lowest BCUT2D eigenvalue weighted by atomic mass is 10.0. The molecule has 1 aliphatic heterocycles. The van der Waals surface area contributed by atoms with Crippen LogP contribution in [-0.2, 0) is 11.3 Å². The van der Waals surface area contributed by atoms with Gasteiger partial charge in [-0.1, -0.05) is 49.6 Å². The van der Waals surface area contributed by atoms with Crippen LogP contribution in [-0.4, -0.2) is 34.3 Å². The van der Waals surface area contributed by atoms with Crippen molar-refractivity contribution in [1.29, 1.82) is 0 Å². The van der Waals surface area contributed by atoms with E-state index in [9.17, 15) is 14.4 Å². The summed E-state index contributed by atoms with van der Waals surface area (Å²) in [5.74, 6) is 0.784. The van der Waals surface area contributed by atoms with Crippen LogP contribution < -0.4 is 5.32 Å².